The summed E-state index contributed by atoms with van der Waals surface area (Å²) >= 11 is 0. The number of carbonyl (C=O) groups is 3. The third kappa shape index (κ3) is 6.01. The van der Waals surface area contributed by atoms with E-state index in [0.717, 1.165) is 5.52 Å². The monoisotopic (exact) mass is 670 g/mol. The minimum absolute atomic E-state index is 0.0462. The first-order valence-corrected chi connectivity index (χ1v) is 17.2. The second-order valence-electron chi connectivity index (χ2n) is 13.3. The molecule has 12 nitrogen and oxygen atoms in total. The van der Waals surface area contributed by atoms with Crippen LogP contribution in [0.4, 0.5) is 5.69 Å². The highest BCUT2D eigenvalue weighted by Crippen LogP contribution is 2.63. The summed E-state index contributed by atoms with van der Waals surface area (Å²) in [6.45, 7) is 13.0. The molecule has 0 radical (unpaired) electrons. The molecule has 5 atom stereocenters. The molecule has 3 saturated heterocycles. The maximum Gasteiger partial charge on any atom is 0.250 e. The van der Waals surface area contributed by atoms with Crippen LogP contribution in [-0.2, 0) is 25.8 Å². The first kappa shape index (κ1) is 34.3. The summed E-state index contributed by atoms with van der Waals surface area (Å²) in [6.07, 6.45) is 6.18. The first-order valence-electron chi connectivity index (χ1n) is 17.2. The van der Waals surface area contributed by atoms with Gasteiger partial charge in [-0.15, -0.1) is 18.3 Å². The summed E-state index contributed by atoms with van der Waals surface area (Å²) in [5.41, 5.74) is -0.00331. The van der Waals surface area contributed by atoms with E-state index in [9.17, 15) is 19.5 Å². The maximum atomic E-state index is 14.9. The van der Waals surface area contributed by atoms with E-state index >= 15 is 0 Å². The van der Waals surface area contributed by atoms with Gasteiger partial charge >= 0.3 is 0 Å². The molecule has 4 heterocycles. The zero-order chi connectivity index (χ0) is 34.8. The fraction of sp³-hybridized carbons (Fsp3) is 0.486. The number of aromatic nitrogens is 3. The summed E-state index contributed by atoms with van der Waals surface area (Å²) in [5, 5.41) is 18.0. The number of unbranched alkanes of at least 4 members (excludes halogenated alkanes) is 2. The molecule has 260 valence electrons. The van der Waals surface area contributed by atoms with E-state index in [4.69, 9.17) is 9.47 Å². The Morgan fingerprint density at radius 1 is 1.06 bits per heavy atom. The molecule has 3 fully saturated rings. The lowest BCUT2D eigenvalue weighted by atomic mass is 9.66. The van der Waals surface area contributed by atoms with Crippen molar-refractivity contribution in [2.45, 2.75) is 69.9 Å². The maximum absolute atomic E-state index is 14.9. The number of para-hydroxylation sites is 1. The Bertz CT molecular complexity index is 1710. The van der Waals surface area contributed by atoms with Crippen molar-refractivity contribution in [2.24, 2.45) is 11.8 Å². The van der Waals surface area contributed by atoms with Crippen molar-refractivity contribution in [3.8, 4) is 5.75 Å². The number of aliphatic hydroxyl groups excluding tert-OH is 1. The van der Waals surface area contributed by atoms with Crippen molar-refractivity contribution in [1.29, 1.82) is 0 Å². The highest BCUT2D eigenvalue weighted by molar-refractivity contribution is 6.03. The Morgan fingerprint density at radius 2 is 1.82 bits per heavy atom. The van der Waals surface area contributed by atoms with Crippen LogP contribution in [0.5, 0.6) is 5.75 Å². The molecule has 12 heteroatoms. The van der Waals surface area contributed by atoms with E-state index in [0.29, 0.717) is 62.2 Å². The van der Waals surface area contributed by atoms with E-state index < -0.39 is 29.1 Å². The second kappa shape index (κ2) is 14.1. The van der Waals surface area contributed by atoms with Gasteiger partial charge in [-0.3, -0.25) is 14.4 Å². The number of amides is 3. The SMILES string of the molecule is C=CCN(Cn1nnc2ccccc21)C(=O)C1N(CCCCCO)C(=O)[C@@H]2[C@@H](C(=O)N(CC=C)c3ccc(OCC)cc3)[C@@]3(C)CCC12O3. The summed E-state index contributed by atoms with van der Waals surface area (Å²) < 4.78 is 14.2. The van der Waals surface area contributed by atoms with Crippen LogP contribution in [0, 0.1) is 11.8 Å². The van der Waals surface area contributed by atoms with Crippen molar-refractivity contribution in [1.82, 2.24) is 24.8 Å². The lowest BCUT2D eigenvalue weighted by Gasteiger charge is -2.37. The summed E-state index contributed by atoms with van der Waals surface area (Å²) in [7, 11) is 0. The van der Waals surface area contributed by atoms with Gasteiger partial charge in [0.1, 0.15) is 29.6 Å². The Kier molecular flexibility index (Phi) is 9.89. The molecule has 1 spiro atoms. The number of likely N-dealkylation sites (tertiary alicyclic amines) is 1. The van der Waals surface area contributed by atoms with Crippen LogP contribution < -0.4 is 9.64 Å². The largest absolute Gasteiger partial charge is 0.494 e. The van der Waals surface area contributed by atoms with Gasteiger partial charge in [-0.05, 0) is 82.3 Å². The van der Waals surface area contributed by atoms with Gasteiger partial charge in [0.25, 0.3) is 0 Å². The second-order valence-corrected chi connectivity index (χ2v) is 13.3. The number of benzene rings is 2. The predicted molar refractivity (Wildman–Crippen MR) is 184 cm³/mol. The Hall–Kier alpha value is -4.55. The fourth-order valence-electron chi connectivity index (χ4n) is 8.13. The zero-order valence-corrected chi connectivity index (χ0v) is 28.4. The summed E-state index contributed by atoms with van der Waals surface area (Å²) in [4.78, 5) is 49.2. The van der Waals surface area contributed by atoms with Crippen molar-refractivity contribution < 1.29 is 29.0 Å². The van der Waals surface area contributed by atoms with Crippen LogP contribution >= 0.6 is 0 Å². The van der Waals surface area contributed by atoms with Crippen molar-refractivity contribution in [3.63, 3.8) is 0 Å². The summed E-state index contributed by atoms with van der Waals surface area (Å²) in [6, 6.07) is 13.9. The topological polar surface area (TPSA) is 130 Å². The fourth-order valence-corrected chi connectivity index (χ4v) is 8.13. The number of carbonyl (C=O) groups excluding carboxylic acids is 3. The molecule has 2 aromatic carbocycles. The van der Waals surface area contributed by atoms with E-state index in [2.05, 4.69) is 23.5 Å². The van der Waals surface area contributed by atoms with Gasteiger partial charge in [-0.25, -0.2) is 4.68 Å². The molecular formula is C37H46N6O6. The number of nitrogens with zero attached hydrogens (tertiary/aromatic N) is 6. The Morgan fingerprint density at radius 3 is 2.53 bits per heavy atom. The van der Waals surface area contributed by atoms with E-state index in [1.165, 1.54) is 0 Å². The molecule has 2 unspecified atom stereocenters. The van der Waals surface area contributed by atoms with Gasteiger partial charge < -0.3 is 29.3 Å². The van der Waals surface area contributed by atoms with Gasteiger partial charge in [0.05, 0.1) is 29.6 Å². The minimum Gasteiger partial charge on any atom is -0.494 e. The Balaban J connectivity index is 1.37. The molecule has 6 rings (SSSR count). The molecule has 0 saturated carbocycles. The van der Waals surface area contributed by atoms with Gasteiger partial charge in [-0.1, -0.05) is 29.5 Å². The number of aliphatic hydroxyl groups is 1. The highest BCUT2D eigenvalue weighted by atomic mass is 16.5. The average Bonchev–Trinajstić information content (AvgIpc) is 3.81. The third-order valence-electron chi connectivity index (χ3n) is 10.3. The molecule has 49 heavy (non-hydrogen) atoms. The smallest absolute Gasteiger partial charge is 0.250 e. The number of fused-ring (bicyclic) bond motifs is 2. The van der Waals surface area contributed by atoms with Gasteiger partial charge in [0.15, 0.2) is 0 Å². The van der Waals surface area contributed by atoms with Crippen LogP contribution in [0.15, 0.2) is 73.8 Å². The molecule has 1 aromatic heterocycles. The predicted octanol–water partition coefficient (Wildman–Crippen LogP) is 3.95. The van der Waals surface area contributed by atoms with Crippen LogP contribution in [0.1, 0.15) is 46.0 Å². The normalized spacial score (nSPS) is 25.4. The van der Waals surface area contributed by atoms with Crippen molar-refractivity contribution >= 4 is 34.4 Å². The summed E-state index contributed by atoms with van der Waals surface area (Å²) in [5.74, 6) is -1.75. The minimum atomic E-state index is -1.19. The molecule has 1 N–H and O–H groups in total. The Labute approximate surface area is 286 Å². The van der Waals surface area contributed by atoms with Crippen LogP contribution in [-0.4, -0.2) is 97.7 Å². The zero-order valence-electron chi connectivity index (χ0n) is 28.4. The number of hydrogen-bond acceptors (Lipinski definition) is 8. The van der Waals surface area contributed by atoms with E-state index in [-0.39, 0.29) is 44.1 Å². The standard InChI is InChI=1S/C37H46N6O6/c1-5-21-40(25-43-29-14-10-9-13-28(29)38-39-43)35(47)32-37-20-19-36(4,49-37)30(31(37)34(46)42(32)23-11-8-12-24-44)33(45)41(22-6-2)26-15-17-27(18-16-26)48-7-3/h5-6,9-10,13-18,30-32,44H,1-2,7-8,11-12,19-25H2,3-4H3/t30-,31-,32?,36+,37?/m0/s1. The average molecular weight is 671 g/mol. The third-order valence-corrected chi connectivity index (χ3v) is 10.3. The number of ether oxygens (including phenoxy) is 2. The van der Waals surface area contributed by atoms with Gasteiger partial charge in [0, 0.05) is 31.9 Å². The number of hydrogen-bond donors (Lipinski definition) is 1. The lowest BCUT2D eigenvalue weighted by Crippen LogP contribution is -2.56. The van der Waals surface area contributed by atoms with Gasteiger partial charge in [-0.2, -0.15) is 0 Å². The first-order chi connectivity index (χ1) is 23.7. The molecule has 3 aliphatic rings. The van der Waals surface area contributed by atoms with E-state index in [1.807, 2.05) is 62.4 Å². The van der Waals surface area contributed by atoms with Crippen LogP contribution in [0.2, 0.25) is 0 Å². The molecule has 3 aliphatic heterocycles. The van der Waals surface area contributed by atoms with Crippen molar-refractivity contribution in [3.05, 3.63) is 73.8 Å². The molecule has 0 aliphatic carbocycles. The molecule has 3 aromatic rings. The quantitative estimate of drug-likeness (QED) is 0.179. The van der Waals surface area contributed by atoms with Crippen LogP contribution in [0.25, 0.3) is 11.0 Å². The van der Waals surface area contributed by atoms with Crippen molar-refractivity contribution in [2.75, 3.05) is 37.7 Å². The van der Waals surface area contributed by atoms with Crippen LogP contribution in [0.3, 0.4) is 0 Å². The van der Waals surface area contributed by atoms with Gasteiger partial charge in [0.2, 0.25) is 17.7 Å². The number of anilines is 1. The molecule has 3 amide bonds. The van der Waals surface area contributed by atoms with E-state index in [1.54, 1.807) is 31.5 Å². The molecule has 2 bridgehead atoms. The molecular weight excluding hydrogens is 624 g/mol. The lowest BCUT2D eigenvalue weighted by molar-refractivity contribution is -0.152. The number of rotatable bonds is 16. The highest BCUT2D eigenvalue weighted by Gasteiger charge is 2.78.